The summed E-state index contributed by atoms with van der Waals surface area (Å²) >= 11 is 0. The molecule has 0 aromatic heterocycles. The fourth-order valence-electron chi connectivity index (χ4n) is 2.14. The quantitative estimate of drug-likeness (QED) is 0.730. The SMILES string of the molecule is COC(=O)[C@H](CCc1ccccc1)COc1ccccc1. The molecule has 0 unspecified atom stereocenters. The van der Waals surface area contributed by atoms with Crippen molar-refractivity contribution in [2.75, 3.05) is 13.7 Å². The minimum absolute atomic E-state index is 0.220. The third-order valence-electron chi connectivity index (χ3n) is 3.35. The van der Waals surface area contributed by atoms with Gasteiger partial charge in [0.05, 0.1) is 13.0 Å². The van der Waals surface area contributed by atoms with Crippen LogP contribution in [0.3, 0.4) is 0 Å². The van der Waals surface area contributed by atoms with E-state index in [1.807, 2.05) is 48.5 Å². The number of aryl methyl sites for hydroxylation is 1. The molecule has 0 fully saturated rings. The summed E-state index contributed by atoms with van der Waals surface area (Å²) in [7, 11) is 1.42. The van der Waals surface area contributed by atoms with Crippen LogP contribution in [0.2, 0.25) is 0 Å². The second-order valence-corrected chi connectivity index (χ2v) is 4.87. The largest absolute Gasteiger partial charge is 0.493 e. The van der Waals surface area contributed by atoms with E-state index in [-0.39, 0.29) is 11.9 Å². The van der Waals surface area contributed by atoms with Gasteiger partial charge in [0.25, 0.3) is 0 Å². The van der Waals surface area contributed by atoms with Gasteiger partial charge in [-0.1, -0.05) is 48.5 Å². The number of para-hydroxylation sites is 1. The fraction of sp³-hybridized carbons (Fsp3) is 0.278. The van der Waals surface area contributed by atoms with Crippen molar-refractivity contribution in [3.63, 3.8) is 0 Å². The Morgan fingerprint density at radius 2 is 1.62 bits per heavy atom. The van der Waals surface area contributed by atoms with Crippen LogP contribution in [0.1, 0.15) is 12.0 Å². The topological polar surface area (TPSA) is 35.5 Å². The molecule has 0 aliphatic heterocycles. The van der Waals surface area contributed by atoms with Crippen molar-refractivity contribution in [1.82, 2.24) is 0 Å². The van der Waals surface area contributed by atoms with Gasteiger partial charge in [0, 0.05) is 0 Å². The van der Waals surface area contributed by atoms with E-state index in [1.54, 1.807) is 0 Å². The molecule has 0 amide bonds. The van der Waals surface area contributed by atoms with Crippen LogP contribution in [-0.4, -0.2) is 19.7 Å². The van der Waals surface area contributed by atoms with Crippen LogP contribution < -0.4 is 4.74 Å². The van der Waals surface area contributed by atoms with Gasteiger partial charge in [0.1, 0.15) is 12.4 Å². The molecule has 3 nitrogen and oxygen atoms in total. The highest BCUT2D eigenvalue weighted by Crippen LogP contribution is 2.15. The first-order chi connectivity index (χ1) is 10.3. The highest BCUT2D eigenvalue weighted by atomic mass is 16.5. The second-order valence-electron chi connectivity index (χ2n) is 4.87. The highest BCUT2D eigenvalue weighted by Gasteiger charge is 2.20. The lowest BCUT2D eigenvalue weighted by Crippen LogP contribution is -2.24. The molecule has 0 radical (unpaired) electrons. The van der Waals surface area contributed by atoms with Crippen molar-refractivity contribution in [2.24, 2.45) is 5.92 Å². The molecule has 2 aromatic carbocycles. The van der Waals surface area contributed by atoms with Crippen LogP contribution >= 0.6 is 0 Å². The minimum Gasteiger partial charge on any atom is -0.493 e. The van der Waals surface area contributed by atoms with Crippen LogP contribution in [0.4, 0.5) is 0 Å². The van der Waals surface area contributed by atoms with Crippen LogP contribution in [0.15, 0.2) is 60.7 Å². The third-order valence-corrected chi connectivity index (χ3v) is 3.35. The molecule has 1 atom stereocenters. The Balaban J connectivity index is 1.90. The minimum atomic E-state index is -0.254. The van der Waals surface area contributed by atoms with Crippen molar-refractivity contribution < 1.29 is 14.3 Å². The highest BCUT2D eigenvalue weighted by molar-refractivity contribution is 5.72. The summed E-state index contributed by atoms with van der Waals surface area (Å²) in [5.41, 5.74) is 1.21. The first kappa shape index (κ1) is 15.1. The Hall–Kier alpha value is -2.29. The maximum Gasteiger partial charge on any atom is 0.312 e. The van der Waals surface area contributed by atoms with E-state index < -0.39 is 0 Å². The van der Waals surface area contributed by atoms with Crippen LogP contribution in [0.5, 0.6) is 5.75 Å². The van der Waals surface area contributed by atoms with E-state index in [2.05, 4.69) is 12.1 Å². The molecule has 0 saturated carbocycles. The molecule has 2 rings (SSSR count). The van der Waals surface area contributed by atoms with Gasteiger partial charge in [-0.25, -0.2) is 0 Å². The van der Waals surface area contributed by atoms with Crippen molar-refractivity contribution >= 4 is 5.97 Å². The van der Waals surface area contributed by atoms with E-state index >= 15 is 0 Å². The lowest BCUT2D eigenvalue weighted by Gasteiger charge is -2.15. The van der Waals surface area contributed by atoms with Crippen molar-refractivity contribution in [3.8, 4) is 5.75 Å². The van der Waals surface area contributed by atoms with Gasteiger partial charge in [0.2, 0.25) is 0 Å². The average Bonchev–Trinajstić information content (AvgIpc) is 2.56. The Labute approximate surface area is 125 Å². The standard InChI is InChI=1S/C18H20O3/c1-20-18(19)16(13-12-15-8-4-2-5-9-15)14-21-17-10-6-3-7-11-17/h2-11,16H,12-14H2,1H3/t16-/m1/s1. The number of hydrogen-bond acceptors (Lipinski definition) is 3. The summed E-state index contributed by atoms with van der Waals surface area (Å²) in [4.78, 5) is 11.9. The van der Waals surface area contributed by atoms with Crippen molar-refractivity contribution in [2.45, 2.75) is 12.8 Å². The van der Waals surface area contributed by atoms with Gasteiger partial charge in [0.15, 0.2) is 0 Å². The Morgan fingerprint density at radius 1 is 1.00 bits per heavy atom. The lowest BCUT2D eigenvalue weighted by atomic mass is 10.0. The van der Waals surface area contributed by atoms with Gasteiger partial charge in [-0.05, 0) is 30.5 Å². The van der Waals surface area contributed by atoms with Gasteiger partial charge in [-0.3, -0.25) is 4.79 Å². The number of carbonyl (C=O) groups is 1. The summed E-state index contributed by atoms with van der Waals surface area (Å²) in [6.07, 6.45) is 1.54. The summed E-state index contributed by atoms with van der Waals surface area (Å²) in [5.74, 6) is 0.295. The van der Waals surface area contributed by atoms with Gasteiger partial charge in [-0.2, -0.15) is 0 Å². The van der Waals surface area contributed by atoms with E-state index in [0.717, 1.165) is 12.2 Å². The summed E-state index contributed by atoms with van der Waals surface area (Å²) in [6, 6.07) is 19.6. The first-order valence-electron chi connectivity index (χ1n) is 7.09. The monoisotopic (exact) mass is 284 g/mol. The summed E-state index contributed by atoms with van der Waals surface area (Å²) < 4.78 is 10.5. The van der Waals surface area contributed by atoms with E-state index in [1.165, 1.54) is 12.7 Å². The summed E-state index contributed by atoms with van der Waals surface area (Å²) in [6.45, 7) is 0.337. The molecule has 0 spiro atoms. The third kappa shape index (κ3) is 4.95. The zero-order valence-corrected chi connectivity index (χ0v) is 12.2. The summed E-state index contributed by atoms with van der Waals surface area (Å²) in [5, 5.41) is 0. The Kier molecular flexibility index (Phi) is 5.83. The zero-order valence-electron chi connectivity index (χ0n) is 12.2. The average molecular weight is 284 g/mol. The predicted octanol–water partition coefficient (Wildman–Crippen LogP) is 3.49. The Bertz CT molecular complexity index is 493. The smallest absolute Gasteiger partial charge is 0.312 e. The zero-order chi connectivity index (χ0) is 14.9. The molecule has 110 valence electrons. The number of hydrogen-bond donors (Lipinski definition) is 0. The van der Waals surface area contributed by atoms with Gasteiger partial charge < -0.3 is 9.47 Å². The van der Waals surface area contributed by atoms with Crippen molar-refractivity contribution in [3.05, 3.63) is 66.2 Å². The number of ether oxygens (including phenoxy) is 2. The van der Waals surface area contributed by atoms with Crippen LogP contribution in [-0.2, 0) is 16.0 Å². The number of carbonyl (C=O) groups excluding carboxylic acids is 1. The molecule has 21 heavy (non-hydrogen) atoms. The molecule has 0 aliphatic carbocycles. The van der Waals surface area contributed by atoms with Crippen LogP contribution in [0.25, 0.3) is 0 Å². The molecule has 0 N–H and O–H groups in total. The molecule has 0 heterocycles. The van der Waals surface area contributed by atoms with Crippen LogP contribution in [0, 0.1) is 5.92 Å². The molecule has 2 aromatic rings. The fourth-order valence-corrected chi connectivity index (χ4v) is 2.14. The molecule has 3 heteroatoms. The van der Waals surface area contributed by atoms with E-state index in [4.69, 9.17) is 9.47 Å². The molecular formula is C18H20O3. The van der Waals surface area contributed by atoms with Crippen molar-refractivity contribution in [1.29, 1.82) is 0 Å². The second kappa shape index (κ2) is 8.10. The van der Waals surface area contributed by atoms with E-state index in [9.17, 15) is 4.79 Å². The first-order valence-corrected chi connectivity index (χ1v) is 7.09. The normalized spacial score (nSPS) is 11.7. The number of benzene rings is 2. The maximum atomic E-state index is 11.9. The molecular weight excluding hydrogens is 264 g/mol. The van der Waals surface area contributed by atoms with Gasteiger partial charge >= 0.3 is 5.97 Å². The molecule has 0 saturated heterocycles. The lowest BCUT2D eigenvalue weighted by molar-refractivity contribution is -0.146. The molecule has 0 bridgehead atoms. The van der Waals surface area contributed by atoms with E-state index in [0.29, 0.717) is 13.0 Å². The Morgan fingerprint density at radius 3 is 2.24 bits per heavy atom. The maximum absolute atomic E-state index is 11.9. The predicted molar refractivity (Wildman–Crippen MR) is 82.2 cm³/mol. The van der Waals surface area contributed by atoms with Gasteiger partial charge in [-0.15, -0.1) is 0 Å². The number of methoxy groups -OCH3 is 1. The number of esters is 1. The number of rotatable bonds is 7. The molecule has 0 aliphatic rings.